The van der Waals surface area contributed by atoms with E-state index in [1.807, 2.05) is 18.2 Å². The fourth-order valence-electron chi connectivity index (χ4n) is 3.15. The number of esters is 1. The smallest absolute Gasteiger partial charge is 0.339 e. The summed E-state index contributed by atoms with van der Waals surface area (Å²) in [5.41, 5.74) is 1.69. The van der Waals surface area contributed by atoms with E-state index in [-0.39, 0.29) is 11.3 Å². The molecule has 7 nitrogen and oxygen atoms in total. The van der Waals surface area contributed by atoms with Crippen molar-refractivity contribution in [1.29, 1.82) is 0 Å². The van der Waals surface area contributed by atoms with E-state index in [1.54, 1.807) is 18.2 Å². The highest BCUT2D eigenvalue weighted by Gasteiger charge is 2.27. The molecule has 2 amide bonds. The second kappa shape index (κ2) is 9.14. The minimum Gasteiger partial charge on any atom is -0.465 e. The largest absolute Gasteiger partial charge is 0.465 e. The van der Waals surface area contributed by atoms with Crippen molar-refractivity contribution >= 4 is 23.5 Å². The van der Waals surface area contributed by atoms with E-state index in [0.29, 0.717) is 26.2 Å². The zero-order chi connectivity index (χ0) is 19.9. The summed E-state index contributed by atoms with van der Waals surface area (Å²) in [5, 5.41) is 2.53. The highest BCUT2D eigenvalue weighted by atomic mass is 16.5. The summed E-state index contributed by atoms with van der Waals surface area (Å²) in [7, 11) is 1.26. The SMILES string of the molecule is COC(=O)c1ccccc1NC(=O)C(=O)N1CCN(Cc2ccccc2)CC1. The van der Waals surface area contributed by atoms with Crippen molar-refractivity contribution < 1.29 is 19.1 Å². The fourth-order valence-corrected chi connectivity index (χ4v) is 3.15. The molecule has 1 aliphatic heterocycles. The van der Waals surface area contributed by atoms with Crippen molar-refractivity contribution in [3.05, 3.63) is 65.7 Å². The number of carbonyl (C=O) groups excluding carboxylic acids is 3. The van der Waals surface area contributed by atoms with Gasteiger partial charge in [-0.1, -0.05) is 42.5 Å². The Balaban J connectivity index is 1.55. The molecule has 0 saturated carbocycles. The third-order valence-corrected chi connectivity index (χ3v) is 4.68. The van der Waals surface area contributed by atoms with E-state index in [1.165, 1.54) is 23.6 Å². The minimum atomic E-state index is -0.757. The zero-order valence-electron chi connectivity index (χ0n) is 15.8. The van der Waals surface area contributed by atoms with Gasteiger partial charge >= 0.3 is 17.8 Å². The lowest BCUT2D eigenvalue weighted by Crippen LogP contribution is -2.51. The van der Waals surface area contributed by atoms with Gasteiger partial charge in [0.15, 0.2) is 0 Å². The molecule has 0 unspecified atom stereocenters. The van der Waals surface area contributed by atoms with Gasteiger partial charge in [0.1, 0.15) is 0 Å². The van der Waals surface area contributed by atoms with Gasteiger partial charge in [-0.15, -0.1) is 0 Å². The molecule has 1 N–H and O–H groups in total. The number of hydrogen-bond donors (Lipinski definition) is 1. The Morgan fingerprint density at radius 3 is 2.25 bits per heavy atom. The van der Waals surface area contributed by atoms with Gasteiger partial charge in [0.25, 0.3) is 0 Å². The molecule has 1 aliphatic rings. The molecule has 2 aromatic carbocycles. The van der Waals surface area contributed by atoms with Crippen molar-refractivity contribution in [1.82, 2.24) is 9.80 Å². The number of para-hydroxylation sites is 1. The molecule has 0 spiro atoms. The van der Waals surface area contributed by atoms with Gasteiger partial charge in [0, 0.05) is 32.7 Å². The van der Waals surface area contributed by atoms with Crippen molar-refractivity contribution in [2.75, 3.05) is 38.6 Å². The highest BCUT2D eigenvalue weighted by molar-refractivity contribution is 6.39. The van der Waals surface area contributed by atoms with Crippen LogP contribution in [0.25, 0.3) is 0 Å². The van der Waals surface area contributed by atoms with Crippen LogP contribution in [0.1, 0.15) is 15.9 Å². The third kappa shape index (κ3) is 4.75. The summed E-state index contributed by atoms with van der Waals surface area (Å²) < 4.78 is 4.70. The number of nitrogens with zero attached hydrogens (tertiary/aromatic N) is 2. The van der Waals surface area contributed by atoms with Gasteiger partial charge in [-0.05, 0) is 17.7 Å². The number of amides is 2. The molecule has 1 saturated heterocycles. The van der Waals surface area contributed by atoms with E-state index in [2.05, 4.69) is 22.3 Å². The van der Waals surface area contributed by atoms with Gasteiger partial charge in [-0.25, -0.2) is 4.79 Å². The number of hydrogen-bond acceptors (Lipinski definition) is 5. The van der Waals surface area contributed by atoms with E-state index in [4.69, 9.17) is 4.74 Å². The molecule has 1 heterocycles. The van der Waals surface area contributed by atoms with E-state index < -0.39 is 17.8 Å². The first-order valence-corrected chi connectivity index (χ1v) is 9.12. The fraction of sp³-hybridized carbons (Fsp3) is 0.286. The Morgan fingerprint density at radius 2 is 1.57 bits per heavy atom. The van der Waals surface area contributed by atoms with Crippen LogP contribution in [0.3, 0.4) is 0 Å². The van der Waals surface area contributed by atoms with Crippen LogP contribution in [0.4, 0.5) is 5.69 Å². The molecule has 0 atom stereocenters. The number of methoxy groups -OCH3 is 1. The van der Waals surface area contributed by atoms with Gasteiger partial charge in [0.2, 0.25) is 0 Å². The van der Waals surface area contributed by atoms with Crippen LogP contribution >= 0.6 is 0 Å². The Bertz CT molecular complexity index is 846. The van der Waals surface area contributed by atoms with Crippen molar-refractivity contribution in [2.24, 2.45) is 0 Å². The maximum absolute atomic E-state index is 12.5. The Morgan fingerprint density at radius 1 is 0.929 bits per heavy atom. The molecule has 0 aliphatic carbocycles. The monoisotopic (exact) mass is 381 g/mol. The van der Waals surface area contributed by atoms with E-state index >= 15 is 0 Å². The summed E-state index contributed by atoms with van der Waals surface area (Å²) >= 11 is 0. The molecule has 28 heavy (non-hydrogen) atoms. The summed E-state index contributed by atoms with van der Waals surface area (Å²) in [6, 6.07) is 16.6. The van der Waals surface area contributed by atoms with Crippen molar-refractivity contribution in [2.45, 2.75) is 6.54 Å². The topological polar surface area (TPSA) is 78.9 Å². The number of anilines is 1. The summed E-state index contributed by atoms with van der Waals surface area (Å²) in [6.07, 6.45) is 0. The molecular weight excluding hydrogens is 358 g/mol. The van der Waals surface area contributed by atoms with Gasteiger partial charge in [-0.3, -0.25) is 14.5 Å². The van der Waals surface area contributed by atoms with Crippen LogP contribution in [0.2, 0.25) is 0 Å². The van der Waals surface area contributed by atoms with Gasteiger partial charge in [-0.2, -0.15) is 0 Å². The van der Waals surface area contributed by atoms with Crippen LogP contribution in [0.15, 0.2) is 54.6 Å². The highest BCUT2D eigenvalue weighted by Crippen LogP contribution is 2.16. The Kier molecular flexibility index (Phi) is 6.39. The third-order valence-electron chi connectivity index (χ3n) is 4.68. The molecular formula is C21H23N3O4. The quantitative estimate of drug-likeness (QED) is 0.645. The standard InChI is InChI=1S/C21H23N3O4/c1-28-21(27)17-9-5-6-10-18(17)22-19(25)20(26)24-13-11-23(12-14-24)15-16-7-3-2-4-8-16/h2-10H,11-15H2,1H3,(H,22,25). The first-order valence-electron chi connectivity index (χ1n) is 9.12. The van der Waals surface area contributed by atoms with Crippen LogP contribution < -0.4 is 5.32 Å². The molecule has 3 rings (SSSR count). The first kappa shape index (κ1) is 19.6. The maximum atomic E-state index is 12.5. The lowest BCUT2D eigenvalue weighted by Gasteiger charge is -2.34. The molecule has 0 radical (unpaired) electrons. The average molecular weight is 381 g/mol. The zero-order valence-corrected chi connectivity index (χ0v) is 15.8. The van der Waals surface area contributed by atoms with Crippen molar-refractivity contribution in [3.63, 3.8) is 0 Å². The summed E-state index contributed by atoms with van der Waals surface area (Å²) in [6.45, 7) is 3.19. The molecule has 7 heteroatoms. The van der Waals surface area contributed by atoms with Gasteiger partial charge in [0.05, 0.1) is 18.4 Å². The average Bonchev–Trinajstić information content (AvgIpc) is 2.74. The molecule has 2 aromatic rings. The second-order valence-electron chi connectivity index (χ2n) is 6.55. The summed E-state index contributed by atoms with van der Waals surface area (Å²) in [4.78, 5) is 40.5. The first-order chi connectivity index (χ1) is 13.6. The van der Waals surface area contributed by atoms with Crippen LogP contribution in [0.5, 0.6) is 0 Å². The molecule has 146 valence electrons. The second-order valence-corrected chi connectivity index (χ2v) is 6.55. The number of nitrogens with one attached hydrogen (secondary N) is 1. The number of piperazine rings is 1. The van der Waals surface area contributed by atoms with Crippen molar-refractivity contribution in [3.8, 4) is 0 Å². The Labute approximate surface area is 163 Å². The van der Waals surface area contributed by atoms with Gasteiger partial charge < -0.3 is 15.0 Å². The number of benzene rings is 2. The minimum absolute atomic E-state index is 0.207. The normalized spacial score (nSPS) is 14.4. The number of carbonyl (C=O) groups is 3. The number of ether oxygens (including phenoxy) is 1. The predicted octanol–water partition coefficient (Wildman–Crippen LogP) is 1.76. The van der Waals surface area contributed by atoms with E-state index in [0.717, 1.165) is 6.54 Å². The molecule has 1 fully saturated rings. The molecule has 0 aromatic heterocycles. The van der Waals surface area contributed by atoms with Crippen LogP contribution in [0, 0.1) is 0 Å². The Hall–Kier alpha value is -3.19. The summed E-state index contributed by atoms with van der Waals surface area (Å²) in [5.74, 6) is -1.93. The van der Waals surface area contributed by atoms with Crippen LogP contribution in [-0.2, 0) is 20.9 Å². The molecule has 0 bridgehead atoms. The predicted molar refractivity (Wildman–Crippen MR) is 105 cm³/mol. The maximum Gasteiger partial charge on any atom is 0.339 e. The number of rotatable bonds is 4. The van der Waals surface area contributed by atoms with E-state index in [9.17, 15) is 14.4 Å². The lowest BCUT2D eigenvalue weighted by molar-refractivity contribution is -0.144. The lowest BCUT2D eigenvalue weighted by atomic mass is 10.1. The van der Waals surface area contributed by atoms with Crippen LogP contribution in [-0.4, -0.2) is 60.9 Å².